The molecule has 2 aliphatic rings. The van der Waals surface area contributed by atoms with E-state index in [1.165, 1.54) is 0 Å². The molecule has 4 nitrogen and oxygen atoms in total. The van der Waals surface area contributed by atoms with Gasteiger partial charge >= 0.3 is 5.97 Å². The van der Waals surface area contributed by atoms with Gasteiger partial charge in [0.2, 0.25) is 5.78 Å². The van der Waals surface area contributed by atoms with E-state index in [1.807, 2.05) is 13.8 Å². The molecule has 0 aliphatic heterocycles. The van der Waals surface area contributed by atoms with Gasteiger partial charge in [0.1, 0.15) is 6.10 Å². The molecule has 4 atom stereocenters. The van der Waals surface area contributed by atoms with Gasteiger partial charge in [-0.25, -0.2) is 0 Å². The molecule has 1 saturated carbocycles. The summed E-state index contributed by atoms with van der Waals surface area (Å²) < 4.78 is 11.1. The molecular formula is C18H24O4. The number of aryl methyl sites for hydroxylation is 1. The summed E-state index contributed by atoms with van der Waals surface area (Å²) in [6.45, 7) is 8.09. The van der Waals surface area contributed by atoms with Gasteiger partial charge in [-0.15, -0.1) is 0 Å². The molecule has 0 aromatic carbocycles. The molecule has 0 saturated heterocycles. The van der Waals surface area contributed by atoms with Crippen molar-refractivity contribution >= 4 is 11.8 Å². The maximum absolute atomic E-state index is 12.8. The molecule has 1 aromatic heterocycles. The Labute approximate surface area is 131 Å². The van der Waals surface area contributed by atoms with Crippen LogP contribution in [0.3, 0.4) is 0 Å². The Morgan fingerprint density at radius 1 is 1.45 bits per heavy atom. The van der Waals surface area contributed by atoms with Crippen LogP contribution < -0.4 is 0 Å². The van der Waals surface area contributed by atoms with E-state index in [1.54, 1.807) is 6.26 Å². The van der Waals surface area contributed by atoms with Gasteiger partial charge in [0.15, 0.2) is 5.76 Å². The predicted octanol–water partition coefficient (Wildman–Crippen LogP) is 3.70. The van der Waals surface area contributed by atoms with Crippen molar-refractivity contribution in [2.24, 2.45) is 17.3 Å². The molecular weight excluding hydrogens is 280 g/mol. The first-order valence-corrected chi connectivity index (χ1v) is 8.19. The minimum absolute atomic E-state index is 0.0304. The molecule has 3 rings (SSSR count). The third-order valence-electron chi connectivity index (χ3n) is 5.91. The van der Waals surface area contributed by atoms with Gasteiger partial charge in [-0.05, 0) is 43.1 Å². The lowest BCUT2D eigenvalue weighted by molar-refractivity contribution is -0.159. The van der Waals surface area contributed by atoms with Crippen molar-refractivity contribution in [1.29, 1.82) is 0 Å². The van der Waals surface area contributed by atoms with E-state index >= 15 is 0 Å². The second-order valence-corrected chi connectivity index (χ2v) is 7.07. The molecule has 0 amide bonds. The van der Waals surface area contributed by atoms with Crippen molar-refractivity contribution in [2.75, 3.05) is 0 Å². The summed E-state index contributed by atoms with van der Waals surface area (Å²) in [5.74, 6) is 0.659. The van der Waals surface area contributed by atoms with Gasteiger partial charge < -0.3 is 9.15 Å². The van der Waals surface area contributed by atoms with Crippen LogP contribution in [0.1, 0.15) is 61.7 Å². The van der Waals surface area contributed by atoms with Crippen LogP contribution in [0.25, 0.3) is 0 Å². The van der Waals surface area contributed by atoms with Crippen molar-refractivity contribution in [3.8, 4) is 0 Å². The smallest absolute Gasteiger partial charge is 0.305 e. The first-order chi connectivity index (χ1) is 10.4. The highest BCUT2D eigenvalue weighted by molar-refractivity contribution is 5.98. The quantitative estimate of drug-likeness (QED) is 0.782. The van der Waals surface area contributed by atoms with E-state index in [2.05, 4.69) is 13.8 Å². The molecule has 1 heterocycles. The summed E-state index contributed by atoms with van der Waals surface area (Å²) in [7, 11) is 0. The first kappa shape index (κ1) is 15.3. The van der Waals surface area contributed by atoms with Gasteiger partial charge in [0.05, 0.1) is 6.26 Å². The molecule has 1 aromatic rings. The molecule has 0 spiro atoms. The summed E-state index contributed by atoms with van der Waals surface area (Å²) >= 11 is 0. The van der Waals surface area contributed by atoms with Gasteiger partial charge in [0, 0.05) is 17.9 Å². The number of hydrogen-bond acceptors (Lipinski definition) is 4. The van der Waals surface area contributed by atoms with Crippen molar-refractivity contribution in [2.45, 2.75) is 59.5 Å². The standard InChI is InChI=1S/C18H24O4/c1-5-15(19)22-14-7-6-13-16(20)17-12(10(2)9-21-17)8-18(13,4)11(14)3/h9,11,13-14H,5-8H2,1-4H3/t11-,13+,14-,18+/m0/s1. The Balaban J connectivity index is 1.93. The van der Waals surface area contributed by atoms with Crippen molar-refractivity contribution in [3.63, 3.8) is 0 Å². The lowest BCUT2D eigenvalue weighted by Gasteiger charge is -2.50. The van der Waals surface area contributed by atoms with E-state index in [0.29, 0.717) is 12.2 Å². The SMILES string of the molecule is CCC(=O)O[C@H]1CC[C@@H]2C(=O)c3occ(C)c3C[C@]2(C)[C@H]1C. The van der Waals surface area contributed by atoms with Crippen LogP contribution >= 0.6 is 0 Å². The summed E-state index contributed by atoms with van der Waals surface area (Å²) in [6.07, 6.45) is 4.34. The average Bonchev–Trinajstić information content (AvgIpc) is 2.85. The zero-order valence-electron chi connectivity index (χ0n) is 13.8. The van der Waals surface area contributed by atoms with Gasteiger partial charge in [0.25, 0.3) is 0 Å². The van der Waals surface area contributed by atoms with Crippen molar-refractivity contribution in [1.82, 2.24) is 0 Å². The summed E-state index contributed by atoms with van der Waals surface area (Å²) in [4.78, 5) is 24.5. The number of furan rings is 1. The maximum Gasteiger partial charge on any atom is 0.305 e. The number of rotatable bonds is 2. The fourth-order valence-electron chi connectivity index (χ4n) is 4.21. The van der Waals surface area contributed by atoms with Crippen molar-refractivity contribution in [3.05, 3.63) is 23.2 Å². The summed E-state index contributed by atoms with van der Waals surface area (Å²) in [5.41, 5.74) is 1.91. The van der Waals surface area contributed by atoms with Crippen LogP contribution in [0.2, 0.25) is 0 Å². The monoisotopic (exact) mass is 304 g/mol. The molecule has 120 valence electrons. The normalized spacial score (nSPS) is 34.0. The molecule has 4 heteroatoms. The van der Waals surface area contributed by atoms with Crippen molar-refractivity contribution < 1.29 is 18.7 Å². The van der Waals surface area contributed by atoms with E-state index in [0.717, 1.165) is 30.4 Å². The molecule has 0 radical (unpaired) electrons. The van der Waals surface area contributed by atoms with Crippen LogP contribution in [-0.4, -0.2) is 17.9 Å². The second kappa shape index (κ2) is 5.25. The van der Waals surface area contributed by atoms with Gasteiger partial charge in [-0.2, -0.15) is 0 Å². The third kappa shape index (κ3) is 2.11. The summed E-state index contributed by atoms with van der Waals surface area (Å²) in [6, 6.07) is 0. The number of carbonyl (C=O) groups excluding carboxylic acids is 2. The molecule has 22 heavy (non-hydrogen) atoms. The Morgan fingerprint density at radius 2 is 2.18 bits per heavy atom. The Hall–Kier alpha value is -1.58. The largest absolute Gasteiger partial charge is 0.462 e. The predicted molar refractivity (Wildman–Crippen MR) is 81.6 cm³/mol. The number of carbonyl (C=O) groups is 2. The molecule has 0 unspecified atom stereocenters. The number of ether oxygens (including phenoxy) is 1. The lowest BCUT2D eigenvalue weighted by Crippen LogP contribution is -2.52. The second-order valence-electron chi connectivity index (χ2n) is 7.07. The first-order valence-electron chi connectivity index (χ1n) is 8.19. The van der Waals surface area contributed by atoms with Gasteiger partial charge in [-0.3, -0.25) is 9.59 Å². The molecule has 0 N–H and O–H groups in total. The number of esters is 1. The zero-order chi connectivity index (χ0) is 16.1. The lowest BCUT2D eigenvalue weighted by atomic mass is 9.54. The Bertz CT molecular complexity index is 615. The van der Waals surface area contributed by atoms with E-state index in [-0.39, 0.29) is 35.1 Å². The number of fused-ring (bicyclic) bond motifs is 2. The molecule has 1 fully saturated rings. The summed E-state index contributed by atoms with van der Waals surface area (Å²) in [5, 5.41) is 0. The average molecular weight is 304 g/mol. The Kier molecular flexibility index (Phi) is 3.66. The minimum Gasteiger partial charge on any atom is -0.462 e. The highest BCUT2D eigenvalue weighted by Crippen LogP contribution is 2.53. The van der Waals surface area contributed by atoms with Crippen LogP contribution in [-0.2, 0) is 16.0 Å². The maximum atomic E-state index is 12.8. The zero-order valence-corrected chi connectivity index (χ0v) is 13.8. The van der Waals surface area contributed by atoms with Crippen LogP contribution in [0.4, 0.5) is 0 Å². The Morgan fingerprint density at radius 3 is 2.86 bits per heavy atom. The highest BCUT2D eigenvalue weighted by Gasteiger charge is 2.54. The number of hydrogen-bond donors (Lipinski definition) is 0. The minimum atomic E-state index is -0.171. The van der Waals surface area contributed by atoms with E-state index in [4.69, 9.17) is 9.15 Å². The van der Waals surface area contributed by atoms with E-state index < -0.39 is 0 Å². The molecule has 0 bridgehead atoms. The fraction of sp³-hybridized carbons (Fsp3) is 0.667. The van der Waals surface area contributed by atoms with Crippen LogP contribution in [0, 0.1) is 24.2 Å². The number of ketones is 1. The topological polar surface area (TPSA) is 56.5 Å². The van der Waals surface area contributed by atoms with Crippen LogP contribution in [0.15, 0.2) is 10.7 Å². The van der Waals surface area contributed by atoms with E-state index in [9.17, 15) is 9.59 Å². The highest BCUT2D eigenvalue weighted by atomic mass is 16.5. The third-order valence-corrected chi connectivity index (χ3v) is 5.91. The fourth-order valence-corrected chi connectivity index (χ4v) is 4.21. The van der Waals surface area contributed by atoms with Crippen LogP contribution in [0.5, 0.6) is 0 Å². The number of Topliss-reactive ketones (excluding diaryl/α,β-unsaturated/α-hetero) is 1. The molecule has 2 aliphatic carbocycles. The van der Waals surface area contributed by atoms with Gasteiger partial charge in [-0.1, -0.05) is 20.8 Å².